The van der Waals surface area contributed by atoms with Gasteiger partial charge < -0.3 is 15.1 Å². The van der Waals surface area contributed by atoms with Gasteiger partial charge >= 0.3 is 0 Å². The van der Waals surface area contributed by atoms with Crippen LogP contribution in [0.15, 0.2) is 36.4 Å². The molecule has 28 heavy (non-hydrogen) atoms. The Kier molecular flexibility index (Phi) is 5.69. The van der Waals surface area contributed by atoms with Crippen molar-refractivity contribution in [1.29, 1.82) is 0 Å². The monoisotopic (exact) mass is 383 g/mol. The number of amides is 1. The number of hydrogen-bond acceptors (Lipinski definition) is 5. The minimum absolute atomic E-state index is 0.143. The number of carbonyl (C=O) groups is 1. The van der Waals surface area contributed by atoms with Crippen molar-refractivity contribution < 1.29 is 9.18 Å². The first-order valence-corrected chi connectivity index (χ1v) is 10.1. The Morgan fingerprint density at radius 1 is 0.929 bits per heavy atom. The molecule has 1 aromatic carbocycles. The number of halogens is 1. The molecule has 2 aliphatic rings. The van der Waals surface area contributed by atoms with Gasteiger partial charge in [0.1, 0.15) is 5.82 Å². The molecule has 2 aromatic rings. The minimum atomic E-state index is -0.191. The quantitative estimate of drug-likeness (QED) is 0.879. The molecule has 1 N–H and O–H groups in total. The molecule has 2 fully saturated rings. The minimum Gasteiger partial charge on any atom is -0.366 e. The van der Waals surface area contributed by atoms with E-state index in [-0.39, 0.29) is 17.8 Å². The molecule has 1 amide bonds. The van der Waals surface area contributed by atoms with Crippen molar-refractivity contribution in [3.05, 3.63) is 47.9 Å². The number of nitrogens with zero attached hydrogens (tertiary/aromatic N) is 4. The Balaban J connectivity index is 1.33. The van der Waals surface area contributed by atoms with Crippen molar-refractivity contribution in [2.45, 2.75) is 38.1 Å². The van der Waals surface area contributed by atoms with Gasteiger partial charge in [0.05, 0.1) is 5.69 Å². The van der Waals surface area contributed by atoms with E-state index in [9.17, 15) is 9.18 Å². The number of nitrogens with one attached hydrogen (secondary N) is 1. The van der Waals surface area contributed by atoms with Gasteiger partial charge in [-0.05, 0) is 37.1 Å². The maximum absolute atomic E-state index is 14.0. The average Bonchev–Trinajstić information content (AvgIpc) is 2.75. The molecule has 0 bridgehead atoms. The lowest BCUT2D eigenvalue weighted by Crippen LogP contribution is -2.47. The summed E-state index contributed by atoms with van der Waals surface area (Å²) in [5, 5.41) is 11.5. The topological polar surface area (TPSA) is 61.4 Å². The SMILES string of the molecule is O=C(NC1CCCCC1)c1ccc(N2CCN(c3ccccc3F)CC2)nn1. The predicted molar refractivity (Wildman–Crippen MR) is 107 cm³/mol. The van der Waals surface area contributed by atoms with E-state index in [4.69, 9.17) is 0 Å². The zero-order valence-electron chi connectivity index (χ0n) is 16.0. The second-order valence-corrected chi connectivity index (χ2v) is 7.51. The van der Waals surface area contributed by atoms with Crippen LogP contribution in [0.5, 0.6) is 0 Å². The molecule has 1 aromatic heterocycles. The van der Waals surface area contributed by atoms with Gasteiger partial charge in [0.15, 0.2) is 11.5 Å². The highest BCUT2D eigenvalue weighted by molar-refractivity contribution is 5.92. The van der Waals surface area contributed by atoms with Gasteiger partial charge in [-0.3, -0.25) is 4.79 Å². The van der Waals surface area contributed by atoms with E-state index in [1.807, 2.05) is 23.1 Å². The molecular formula is C21H26FN5O. The van der Waals surface area contributed by atoms with Crippen LogP contribution >= 0.6 is 0 Å². The normalized spacial score (nSPS) is 18.2. The Morgan fingerprint density at radius 3 is 2.32 bits per heavy atom. The van der Waals surface area contributed by atoms with E-state index in [1.165, 1.54) is 25.3 Å². The number of carbonyl (C=O) groups excluding carboxylic acids is 1. The maximum Gasteiger partial charge on any atom is 0.272 e. The first kappa shape index (κ1) is 18.7. The summed E-state index contributed by atoms with van der Waals surface area (Å²) in [6, 6.07) is 10.7. The summed E-state index contributed by atoms with van der Waals surface area (Å²) >= 11 is 0. The molecule has 1 aliphatic carbocycles. The van der Waals surface area contributed by atoms with E-state index < -0.39 is 0 Å². The van der Waals surface area contributed by atoms with Crippen LogP contribution < -0.4 is 15.1 Å². The van der Waals surface area contributed by atoms with Crippen LogP contribution in [0.3, 0.4) is 0 Å². The Bertz CT molecular complexity index is 799. The zero-order chi connectivity index (χ0) is 19.3. The molecule has 4 rings (SSSR count). The van der Waals surface area contributed by atoms with Crippen LogP contribution in [0.25, 0.3) is 0 Å². The average molecular weight is 383 g/mol. The van der Waals surface area contributed by atoms with Gasteiger partial charge in [-0.1, -0.05) is 31.4 Å². The van der Waals surface area contributed by atoms with Crippen LogP contribution in [-0.2, 0) is 0 Å². The molecule has 148 valence electrons. The smallest absolute Gasteiger partial charge is 0.272 e. The summed E-state index contributed by atoms with van der Waals surface area (Å²) in [4.78, 5) is 16.5. The zero-order valence-corrected chi connectivity index (χ0v) is 16.0. The Morgan fingerprint density at radius 2 is 1.64 bits per heavy atom. The van der Waals surface area contributed by atoms with E-state index in [0.717, 1.165) is 31.7 Å². The molecule has 0 unspecified atom stereocenters. The first-order valence-electron chi connectivity index (χ1n) is 10.1. The highest BCUT2D eigenvalue weighted by atomic mass is 19.1. The third kappa shape index (κ3) is 4.24. The predicted octanol–water partition coefficient (Wildman–Crippen LogP) is 3.00. The highest BCUT2D eigenvalue weighted by Crippen LogP contribution is 2.22. The van der Waals surface area contributed by atoms with Gasteiger partial charge in [-0.25, -0.2) is 4.39 Å². The Labute approximate surface area is 164 Å². The van der Waals surface area contributed by atoms with E-state index in [1.54, 1.807) is 12.1 Å². The largest absolute Gasteiger partial charge is 0.366 e. The lowest BCUT2D eigenvalue weighted by molar-refractivity contribution is 0.0921. The van der Waals surface area contributed by atoms with E-state index >= 15 is 0 Å². The van der Waals surface area contributed by atoms with Crippen LogP contribution in [0.1, 0.15) is 42.6 Å². The van der Waals surface area contributed by atoms with Crippen LogP contribution in [-0.4, -0.2) is 48.3 Å². The summed E-state index contributed by atoms with van der Waals surface area (Å²) in [6.07, 6.45) is 5.70. The van der Waals surface area contributed by atoms with E-state index in [2.05, 4.69) is 20.4 Å². The fraction of sp³-hybridized carbons (Fsp3) is 0.476. The van der Waals surface area contributed by atoms with Crippen molar-refractivity contribution in [2.24, 2.45) is 0 Å². The number of piperazine rings is 1. The fourth-order valence-electron chi connectivity index (χ4n) is 4.01. The van der Waals surface area contributed by atoms with Gasteiger partial charge in [-0.15, -0.1) is 10.2 Å². The highest BCUT2D eigenvalue weighted by Gasteiger charge is 2.21. The Hall–Kier alpha value is -2.70. The van der Waals surface area contributed by atoms with Crippen molar-refractivity contribution in [3.8, 4) is 0 Å². The van der Waals surface area contributed by atoms with Crippen LogP contribution in [0, 0.1) is 5.82 Å². The molecule has 0 atom stereocenters. The lowest BCUT2D eigenvalue weighted by Gasteiger charge is -2.36. The third-order valence-electron chi connectivity index (χ3n) is 5.62. The van der Waals surface area contributed by atoms with Gasteiger partial charge in [-0.2, -0.15) is 0 Å². The number of aromatic nitrogens is 2. The van der Waals surface area contributed by atoms with E-state index in [0.29, 0.717) is 24.5 Å². The number of hydrogen-bond donors (Lipinski definition) is 1. The van der Waals surface area contributed by atoms with Gasteiger partial charge in [0.2, 0.25) is 0 Å². The summed E-state index contributed by atoms with van der Waals surface area (Å²) in [5.41, 5.74) is 1.00. The number of benzene rings is 1. The number of anilines is 2. The second kappa shape index (κ2) is 8.54. The van der Waals surface area contributed by atoms with Crippen LogP contribution in [0.4, 0.5) is 15.9 Å². The van der Waals surface area contributed by atoms with Crippen molar-refractivity contribution in [2.75, 3.05) is 36.0 Å². The van der Waals surface area contributed by atoms with Crippen molar-refractivity contribution in [3.63, 3.8) is 0 Å². The molecule has 1 saturated heterocycles. The van der Waals surface area contributed by atoms with Crippen molar-refractivity contribution >= 4 is 17.4 Å². The summed E-state index contributed by atoms with van der Waals surface area (Å²) in [6.45, 7) is 2.90. The number of rotatable bonds is 4. The van der Waals surface area contributed by atoms with Crippen LogP contribution in [0.2, 0.25) is 0 Å². The summed E-state index contributed by atoms with van der Waals surface area (Å²) in [5.74, 6) is 0.418. The molecule has 7 heteroatoms. The second-order valence-electron chi connectivity index (χ2n) is 7.51. The summed E-state index contributed by atoms with van der Waals surface area (Å²) < 4.78 is 14.0. The van der Waals surface area contributed by atoms with Crippen molar-refractivity contribution in [1.82, 2.24) is 15.5 Å². The number of para-hydroxylation sites is 1. The van der Waals surface area contributed by atoms with Gasteiger partial charge in [0.25, 0.3) is 5.91 Å². The molecule has 0 radical (unpaired) electrons. The third-order valence-corrected chi connectivity index (χ3v) is 5.62. The summed E-state index contributed by atoms with van der Waals surface area (Å²) in [7, 11) is 0. The van der Waals surface area contributed by atoms with Gasteiger partial charge in [0, 0.05) is 32.2 Å². The molecule has 0 spiro atoms. The first-order chi connectivity index (χ1) is 13.7. The standard InChI is InChI=1S/C21H26FN5O/c22-17-8-4-5-9-19(17)26-12-14-27(15-13-26)20-11-10-18(24-25-20)21(28)23-16-6-2-1-3-7-16/h4-5,8-11,16H,1-3,6-7,12-15H2,(H,23,28). The molecular weight excluding hydrogens is 357 g/mol. The fourth-order valence-corrected chi connectivity index (χ4v) is 4.01. The molecule has 1 saturated carbocycles. The maximum atomic E-state index is 14.0. The molecule has 2 heterocycles. The molecule has 6 nitrogen and oxygen atoms in total. The molecule has 1 aliphatic heterocycles. The lowest BCUT2D eigenvalue weighted by atomic mass is 9.95.